The van der Waals surface area contributed by atoms with Crippen molar-refractivity contribution >= 4 is 15.8 Å². The first-order valence-electron chi connectivity index (χ1n) is 25.0. The highest BCUT2D eigenvalue weighted by Gasteiger charge is 2.70. The van der Waals surface area contributed by atoms with E-state index in [0.29, 0.717) is 59.8 Å². The zero-order valence-corrected chi connectivity index (χ0v) is 40.6. The van der Waals surface area contributed by atoms with E-state index in [1.165, 1.54) is 87.2 Å². The SMILES string of the molecule is C=C(C)[C@@H]1CC[C@]2(NCC[C@]34CC[C@H](S(C)(=O)=O)CC3C4)CC[C@]3(C)[C@H](CC[C@@H]4[C@@]5(C)CC=C(C6=CCC(COc7ccccn7)(C(=O)OCC)CC6)C(C)(C)[C@@H]5CC[C@]43C)[C@@H]12. The van der Waals surface area contributed by atoms with Crippen LogP contribution in [0.15, 0.2) is 59.8 Å². The highest BCUT2D eigenvalue weighted by Crippen LogP contribution is 2.77. The van der Waals surface area contributed by atoms with Gasteiger partial charge < -0.3 is 14.8 Å². The fourth-order valence-electron chi connectivity index (χ4n) is 17.4. The molecule has 2 unspecified atom stereocenters. The summed E-state index contributed by atoms with van der Waals surface area (Å²) >= 11 is 0. The van der Waals surface area contributed by atoms with Gasteiger partial charge in [0.2, 0.25) is 5.88 Å². The first kappa shape index (κ1) is 44.7. The van der Waals surface area contributed by atoms with Gasteiger partial charge in [-0.2, -0.15) is 0 Å². The van der Waals surface area contributed by atoms with Crippen molar-refractivity contribution in [3.8, 4) is 5.88 Å². The molecule has 0 spiro atoms. The second-order valence-electron chi connectivity index (χ2n) is 23.9. The van der Waals surface area contributed by atoms with E-state index in [4.69, 9.17) is 9.47 Å². The molecule has 342 valence electrons. The highest BCUT2D eigenvalue weighted by atomic mass is 32.2. The normalized spacial score (nSPS) is 44.2. The van der Waals surface area contributed by atoms with Gasteiger partial charge in [-0.25, -0.2) is 13.4 Å². The molecular formula is C54H80N2O5S. The maximum atomic E-state index is 13.6. The monoisotopic (exact) mass is 869 g/mol. The van der Waals surface area contributed by atoms with Gasteiger partial charge in [-0.05, 0) is 209 Å². The molecule has 0 radical (unpaired) electrons. The number of sulfone groups is 1. The van der Waals surface area contributed by atoms with Gasteiger partial charge >= 0.3 is 5.97 Å². The molecule has 1 heterocycles. The van der Waals surface area contributed by atoms with Gasteiger partial charge in [0.15, 0.2) is 0 Å². The number of hydrogen-bond acceptors (Lipinski definition) is 7. The Morgan fingerprint density at radius 3 is 2.40 bits per heavy atom. The van der Waals surface area contributed by atoms with Crippen LogP contribution in [-0.2, 0) is 19.4 Å². The molecule has 0 aromatic carbocycles. The molecule has 1 aromatic rings. The molecule has 62 heavy (non-hydrogen) atoms. The molecule has 6 saturated carbocycles. The minimum atomic E-state index is -2.94. The van der Waals surface area contributed by atoms with E-state index < -0.39 is 15.3 Å². The van der Waals surface area contributed by atoms with Crippen LogP contribution in [0.3, 0.4) is 0 Å². The van der Waals surface area contributed by atoms with Gasteiger partial charge in [0.05, 0.1) is 11.9 Å². The van der Waals surface area contributed by atoms with Crippen LogP contribution in [0.2, 0.25) is 0 Å². The van der Waals surface area contributed by atoms with E-state index in [2.05, 4.69) is 70.6 Å². The van der Waals surface area contributed by atoms with Gasteiger partial charge in [-0.3, -0.25) is 4.79 Å². The van der Waals surface area contributed by atoms with Crippen LogP contribution in [0.25, 0.3) is 0 Å². The molecule has 8 aliphatic rings. The first-order chi connectivity index (χ1) is 29.3. The number of carbonyl (C=O) groups excluding carboxylic acids is 1. The van der Waals surface area contributed by atoms with Crippen LogP contribution < -0.4 is 10.1 Å². The Morgan fingerprint density at radius 1 is 0.919 bits per heavy atom. The summed E-state index contributed by atoms with van der Waals surface area (Å²) in [6.07, 6.45) is 27.2. The quantitative estimate of drug-likeness (QED) is 0.165. The number of carbonyl (C=O) groups is 1. The molecule has 6 fully saturated rings. The van der Waals surface area contributed by atoms with E-state index >= 15 is 0 Å². The van der Waals surface area contributed by atoms with Crippen molar-refractivity contribution in [2.24, 2.45) is 68.0 Å². The van der Waals surface area contributed by atoms with Crippen LogP contribution in [0.5, 0.6) is 5.88 Å². The minimum absolute atomic E-state index is 0.0402. The molecule has 8 heteroatoms. The Balaban J connectivity index is 0.926. The second kappa shape index (κ2) is 15.6. The third-order valence-electron chi connectivity index (χ3n) is 21.0. The second-order valence-corrected chi connectivity index (χ2v) is 26.3. The largest absolute Gasteiger partial charge is 0.476 e. The van der Waals surface area contributed by atoms with Crippen molar-refractivity contribution in [3.05, 3.63) is 59.8 Å². The van der Waals surface area contributed by atoms with Crippen molar-refractivity contribution in [3.63, 3.8) is 0 Å². The number of pyridine rings is 1. The summed E-state index contributed by atoms with van der Waals surface area (Å²) in [7, 11) is -2.94. The Labute approximate surface area is 375 Å². The number of nitrogens with one attached hydrogen (secondary N) is 1. The van der Waals surface area contributed by atoms with Crippen LogP contribution in [-0.4, -0.2) is 56.2 Å². The molecule has 0 bridgehead atoms. The van der Waals surface area contributed by atoms with Crippen molar-refractivity contribution in [2.45, 2.75) is 168 Å². The molecule has 13 atom stereocenters. The summed E-state index contributed by atoms with van der Waals surface area (Å²) in [5.41, 5.74) is 5.07. The van der Waals surface area contributed by atoms with E-state index in [-0.39, 0.29) is 45.0 Å². The number of aromatic nitrogens is 1. The van der Waals surface area contributed by atoms with Crippen LogP contribution in [0.4, 0.5) is 0 Å². The first-order valence-corrected chi connectivity index (χ1v) is 26.9. The summed E-state index contributed by atoms with van der Waals surface area (Å²) in [6.45, 7) is 23.9. The van der Waals surface area contributed by atoms with Gasteiger partial charge in [0, 0.05) is 24.1 Å². The fourth-order valence-corrected chi connectivity index (χ4v) is 18.5. The zero-order chi connectivity index (χ0) is 44.1. The number of rotatable bonds is 12. The number of esters is 1. The van der Waals surface area contributed by atoms with Crippen molar-refractivity contribution in [1.29, 1.82) is 0 Å². The molecule has 1 aromatic heterocycles. The minimum Gasteiger partial charge on any atom is -0.476 e. The smallest absolute Gasteiger partial charge is 0.315 e. The maximum Gasteiger partial charge on any atom is 0.315 e. The van der Waals surface area contributed by atoms with Crippen molar-refractivity contribution in [1.82, 2.24) is 10.3 Å². The van der Waals surface area contributed by atoms with Crippen LogP contribution in [0.1, 0.15) is 158 Å². The van der Waals surface area contributed by atoms with E-state index in [1.807, 2.05) is 25.1 Å². The summed E-state index contributed by atoms with van der Waals surface area (Å²) in [6, 6.07) is 5.65. The zero-order valence-electron chi connectivity index (χ0n) is 39.8. The fraction of sp³-hybridized carbons (Fsp3) is 0.778. The van der Waals surface area contributed by atoms with E-state index in [1.54, 1.807) is 6.20 Å². The third kappa shape index (κ3) is 6.97. The summed E-state index contributed by atoms with van der Waals surface area (Å²) < 4.78 is 36.6. The standard InChI is InChI=1S/C54H80N2O5S/c1-10-60-47(57)53(35-61-45-13-11-12-31-55-45)24-16-37(17-25-53)41-20-22-49(6)43(48(41,4)5)21-23-51(8)44(49)15-14-42-46-40(36(2)3)19-27-54(46,29-28-50(42,51)7)56-32-30-52-26-18-39(62(9,58)59)33-38(52)34-52/h11-13,16,20,31,38-40,42-44,46,56H,2,10,14-15,17-19,21-30,32-35H2,1,3-9H3/t38?,39-,40-,42+,43-,44+,46+,49-,50+,51+,52-,53?,54-/m0/s1. The van der Waals surface area contributed by atoms with Gasteiger partial charge in [0.25, 0.3) is 0 Å². The molecule has 0 aliphatic heterocycles. The Bertz CT molecular complexity index is 2100. The third-order valence-corrected chi connectivity index (χ3v) is 22.7. The maximum absolute atomic E-state index is 13.6. The Kier molecular flexibility index (Phi) is 11.2. The average Bonchev–Trinajstić information content (AvgIpc) is 3.82. The predicted octanol–water partition coefficient (Wildman–Crippen LogP) is 11.6. The van der Waals surface area contributed by atoms with E-state index in [9.17, 15) is 13.2 Å². The van der Waals surface area contributed by atoms with Gasteiger partial charge in [0.1, 0.15) is 21.9 Å². The van der Waals surface area contributed by atoms with Crippen molar-refractivity contribution < 1.29 is 22.7 Å². The van der Waals surface area contributed by atoms with Crippen molar-refractivity contribution in [2.75, 3.05) is 26.0 Å². The molecule has 7 nitrogen and oxygen atoms in total. The lowest BCUT2D eigenvalue weighted by molar-refractivity contribution is -0.221. The molecule has 8 aliphatic carbocycles. The summed E-state index contributed by atoms with van der Waals surface area (Å²) in [5, 5.41) is 4.26. The lowest BCUT2D eigenvalue weighted by Gasteiger charge is -2.72. The average molecular weight is 869 g/mol. The summed E-state index contributed by atoms with van der Waals surface area (Å²) in [5.74, 6) is 4.21. The van der Waals surface area contributed by atoms with Gasteiger partial charge in [-0.15, -0.1) is 0 Å². The molecule has 9 rings (SSSR count). The lowest BCUT2D eigenvalue weighted by Crippen LogP contribution is -2.68. The molecule has 0 amide bonds. The number of nitrogens with zero attached hydrogens (tertiary/aromatic N) is 1. The Morgan fingerprint density at radius 2 is 1.73 bits per heavy atom. The molecular weight excluding hydrogens is 789 g/mol. The number of ether oxygens (including phenoxy) is 2. The number of fused-ring (bicyclic) bond motifs is 8. The predicted molar refractivity (Wildman–Crippen MR) is 249 cm³/mol. The number of allylic oxidation sites excluding steroid dienone is 5. The van der Waals surface area contributed by atoms with Gasteiger partial charge in [-0.1, -0.05) is 65.0 Å². The summed E-state index contributed by atoms with van der Waals surface area (Å²) in [4.78, 5) is 17.9. The molecule has 1 N–H and O–H groups in total. The highest BCUT2D eigenvalue weighted by molar-refractivity contribution is 7.91. The lowest BCUT2D eigenvalue weighted by atomic mass is 9.33. The van der Waals surface area contributed by atoms with E-state index in [0.717, 1.165) is 45.1 Å². The van der Waals surface area contributed by atoms with Crippen LogP contribution >= 0.6 is 0 Å². The Hall–Kier alpha value is -2.45. The number of hydrogen-bond donors (Lipinski definition) is 1. The van der Waals surface area contributed by atoms with Crippen LogP contribution in [0, 0.1) is 68.0 Å². The topological polar surface area (TPSA) is 94.6 Å². The molecule has 0 saturated heterocycles.